The van der Waals surface area contributed by atoms with Crippen LogP contribution in [0.1, 0.15) is 24.8 Å². The zero-order valence-corrected chi connectivity index (χ0v) is 9.89. The Bertz CT molecular complexity index is 584. The van der Waals surface area contributed by atoms with E-state index in [1.54, 1.807) is 5.56 Å². The fraction of sp³-hybridized carbons (Fsp3) is 0.375. The second-order valence-corrected chi connectivity index (χ2v) is 5.78. The zero-order chi connectivity index (χ0) is 11.5. The summed E-state index contributed by atoms with van der Waals surface area (Å²) >= 11 is 0. The minimum atomic E-state index is 0.424. The molecule has 0 saturated heterocycles. The Kier molecular flexibility index (Phi) is 1.77. The summed E-state index contributed by atoms with van der Waals surface area (Å²) in [5, 5.41) is 2.80. The van der Waals surface area contributed by atoms with E-state index in [-0.39, 0.29) is 0 Å². The quantitative estimate of drug-likeness (QED) is 0.789. The molecule has 2 fully saturated rings. The molecule has 1 nitrogen and oxygen atoms in total. The van der Waals surface area contributed by atoms with E-state index in [4.69, 9.17) is 5.73 Å². The van der Waals surface area contributed by atoms with Crippen LogP contribution in [0.15, 0.2) is 42.5 Å². The van der Waals surface area contributed by atoms with Crippen LogP contribution in [0, 0.1) is 5.92 Å². The average Bonchev–Trinajstić information content (AvgIpc) is 2.92. The molecule has 3 atom stereocenters. The summed E-state index contributed by atoms with van der Waals surface area (Å²) in [7, 11) is 0. The largest absolute Gasteiger partial charge is 0.328 e. The monoisotopic (exact) mass is 223 g/mol. The molecule has 86 valence electrons. The summed E-state index contributed by atoms with van der Waals surface area (Å²) in [5.74, 6) is 0.850. The molecule has 2 aliphatic rings. The van der Waals surface area contributed by atoms with Gasteiger partial charge in [-0.15, -0.1) is 0 Å². The molecular weight excluding hydrogens is 206 g/mol. The average molecular weight is 223 g/mol. The first-order valence-corrected chi connectivity index (χ1v) is 6.53. The van der Waals surface area contributed by atoms with Gasteiger partial charge in [0.2, 0.25) is 0 Å². The maximum Gasteiger partial charge on any atom is 0.00503 e. The third-order valence-electron chi connectivity index (χ3n) is 4.77. The molecule has 0 aromatic heterocycles. The SMILES string of the molecule is NC1C[C@@H]2C[C@]2(c2cccc3ccccc23)C1. The number of nitrogens with two attached hydrogens (primary N) is 1. The number of rotatable bonds is 1. The van der Waals surface area contributed by atoms with E-state index in [1.807, 2.05) is 0 Å². The molecule has 0 bridgehead atoms. The highest BCUT2D eigenvalue weighted by Gasteiger charge is 2.60. The predicted octanol–water partition coefficient (Wildman–Crippen LogP) is 3.22. The molecule has 0 aliphatic heterocycles. The number of hydrogen-bond donors (Lipinski definition) is 1. The summed E-state index contributed by atoms with van der Waals surface area (Å²) < 4.78 is 0. The van der Waals surface area contributed by atoms with E-state index in [0.29, 0.717) is 11.5 Å². The second-order valence-electron chi connectivity index (χ2n) is 5.78. The molecule has 2 aromatic carbocycles. The van der Waals surface area contributed by atoms with Crippen LogP contribution in [-0.2, 0) is 5.41 Å². The highest BCUT2D eigenvalue weighted by Crippen LogP contribution is 2.64. The van der Waals surface area contributed by atoms with Crippen molar-refractivity contribution in [3.63, 3.8) is 0 Å². The predicted molar refractivity (Wildman–Crippen MR) is 70.9 cm³/mol. The molecule has 2 N–H and O–H groups in total. The second kappa shape index (κ2) is 3.11. The van der Waals surface area contributed by atoms with Gasteiger partial charge in [0.25, 0.3) is 0 Å². The van der Waals surface area contributed by atoms with Gasteiger partial charge in [-0.25, -0.2) is 0 Å². The van der Waals surface area contributed by atoms with E-state index in [9.17, 15) is 0 Å². The minimum absolute atomic E-state index is 0.424. The third-order valence-corrected chi connectivity index (χ3v) is 4.77. The third kappa shape index (κ3) is 1.23. The van der Waals surface area contributed by atoms with Crippen LogP contribution in [-0.4, -0.2) is 6.04 Å². The molecule has 2 aliphatic carbocycles. The Morgan fingerprint density at radius 3 is 2.65 bits per heavy atom. The molecule has 4 rings (SSSR count). The van der Waals surface area contributed by atoms with E-state index >= 15 is 0 Å². The van der Waals surface area contributed by atoms with Crippen LogP contribution in [0.2, 0.25) is 0 Å². The van der Waals surface area contributed by atoms with E-state index < -0.39 is 0 Å². The lowest BCUT2D eigenvalue weighted by atomic mass is 9.88. The van der Waals surface area contributed by atoms with Crippen molar-refractivity contribution in [2.24, 2.45) is 11.7 Å². The topological polar surface area (TPSA) is 26.0 Å². The molecule has 2 saturated carbocycles. The van der Waals surface area contributed by atoms with Gasteiger partial charge in [-0.3, -0.25) is 0 Å². The van der Waals surface area contributed by atoms with Crippen LogP contribution < -0.4 is 5.73 Å². The van der Waals surface area contributed by atoms with Crippen LogP contribution >= 0.6 is 0 Å². The van der Waals surface area contributed by atoms with E-state index in [0.717, 1.165) is 5.92 Å². The van der Waals surface area contributed by atoms with Gasteiger partial charge in [0, 0.05) is 11.5 Å². The molecule has 1 unspecified atom stereocenters. The Hall–Kier alpha value is -1.34. The zero-order valence-electron chi connectivity index (χ0n) is 9.89. The Morgan fingerprint density at radius 2 is 1.82 bits per heavy atom. The molecule has 0 radical (unpaired) electrons. The fourth-order valence-corrected chi connectivity index (χ4v) is 3.96. The van der Waals surface area contributed by atoms with Gasteiger partial charge in [-0.2, -0.15) is 0 Å². The van der Waals surface area contributed by atoms with Gasteiger partial charge in [0.1, 0.15) is 0 Å². The smallest absolute Gasteiger partial charge is 0.00503 e. The van der Waals surface area contributed by atoms with Crippen molar-refractivity contribution >= 4 is 10.8 Å². The molecule has 0 heterocycles. The van der Waals surface area contributed by atoms with E-state index in [1.165, 1.54) is 30.0 Å². The number of hydrogen-bond acceptors (Lipinski definition) is 1. The minimum Gasteiger partial charge on any atom is -0.328 e. The van der Waals surface area contributed by atoms with Crippen molar-refractivity contribution in [3.8, 4) is 0 Å². The molecule has 0 amide bonds. The highest BCUT2D eigenvalue weighted by atomic mass is 14.8. The van der Waals surface area contributed by atoms with Gasteiger partial charge < -0.3 is 5.73 Å². The first kappa shape index (κ1) is 9.67. The van der Waals surface area contributed by atoms with Gasteiger partial charge in [0.05, 0.1) is 0 Å². The maximum absolute atomic E-state index is 6.12. The molecule has 2 aromatic rings. The van der Waals surface area contributed by atoms with Crippen LogP contribution in [0.25, 0.3) is 10.8 Å². The van der Waals surface area contributed by atoms with Gasteiger partial charge >= 0.3 is 0 Å². The Labute approximate surface area is 102 Å². The van der Waals surface area contributed by atoms with Crippen LogP contribution in [0.3, 0.4) is 0 Å². The van der Waals surface area contributed by atoms with Crippen molar-refractivity contribution in [2.45, 2.75) is 30.7 Å². The van der Waals surface area contributed by atoms with Crippen LogP contribution in [0.5, 0.6) is 0 Å². The lowest BCUT2D eigenvalue weighted by molar-refractivity contribution is 0.585. The normalized spacial score (nSPS) is 34.9. The molecule has 0 spiro atoms. The summed E-state index contributed by atoms with van der Waals surface area (Å²) in [5.41, 5.74) is 8.10. The van der Waals surface area contributed by atoms with Crippen molar-refractivity contribution in [3.05, 3.63) is 48.0 Å². The van der Waals surface area contributed by atoms with Crippen molar-refractivity contribution in [1.29, 1.82) is 0 Å². The lowest BCUT2D eigenvalue weighted by Gasteiger charge is -2.17. The number of benzene rings is 2. The summed E-state index contributed by atoms with van der Waals surface area (Å²) in [6, 6.07) is 15.9. The summed E-state index contributed by atoms with van der Waals surface area (Å²) in [6.07, 6.45) is 3.77. The number of fused-ring (bicyclic) bond motifs is 2. The van der Waals surface area contributed by atoms with E-state index in [2.05, 4.69) is 42.5 Å². The maximum atomic E-state index is 6.12. The van der Waals surface area contributed by atoms with Crippen LogP contribution in [0.4, 0.5) is 0 Å². The molecule has 17 heavy (non-hydrogen) atoms. The van der Waals surface area contributed by atoms with Gasteiger partial charge in [0.15, 0.2) is 0 Å². The fourth-order valence-electron chi connectivity index (χ4n) is 3.96. The summed E-state index contributed by atoms with van der Waals surface area (Å²) in [6.45, 7) is 0. The Balaban J connectivity index is 1.92. The Morgan fingerprint density at radius 1 is 1.00 bits per heavy atom. The van der Waals surface area contributed by atoms with Gasteiger partial charge in [-0.1, -0.05) is 42.5 Å². The van der Waals surface area contributed by atoms with Crippen molar-refractivity contribution in [1.82, 2.24) is 0 Å². The first-order chi connectivity index (χ1) is 8.29. The lowest BCUT2D eigenvalue weighted by Crippen LogP contribution is -2.20. The van der Waals surface area contributed by atoms with Gasteiger partial charge in [-0.05, 0) is 41.5 Å². The highest BCUT2D eigenvalue weighted by molar-refractivity contribution is 5.87. The molecular formula is C16H17N. The van der Waals surface area contributed by atoms with Crippen molar-refractivity contribution < 1.29 is 0 Å². The summed E-state index contributed by atoms with van der Waals surface area (Å²) in [4.78, 5) is 0. The standard InChI is InChI=1S/C16H17N/c17-13-8-12-9-16(12,10-13)15-7-3-5-11-4-1-2-6-14(11)15/h1-7,12-13H,8-10,17H2/t12-,13?,16+/m1/s1. The van der Waals surface area contributed by atoms with Crippen molar-refractivity contribution in [2.75, 3.05) is 0 Å². The first-order valence-electron chi connectivity index (χ1n) is 6.53. The molecule has 1 heteroatoms.